The zero-order valence-electron chi connectivity index (χ0n) is 8.38. The third-order valence-corrected chi connectivity index (χ3v) is 2.58. The van der Waals surface area contributed by atoms with Crippen LogP contribution in [0.15, 0.2) is 60.7 Å². The fourth-order valence-corrected chi connectivity index (χ4v) is 1.74. The highest BCUT2D eigenvalue weighted by molar-refractivity contribution is 5.65. The van der Waals surface area contributed by atoms with Crippen molar-refractivity contribution in [2.24, 2.45) is 0 Å². The molecule has 1 aliphatic rings. The number of hydrazine groups is 1. The van der Waals surface area contributed by atoms with Crippen LogP contribution in [0.4, 0.5) is 11.4 Å². The highest BCUT2D eigenvalue weighted by Gasteiger charge is 2.31. The zero-order valence-corrected chi connectivity index (χ0v) is 8.38. The fraction of sp³-hybridized carbons (Fsp3) is 0.0769. The molecule has 15 heavy (non-hydrogen) atoms. The average Bonchev–Trinajstić information content (AvgIpc) is 3.11. The van der Waals surface area contributed by atoms with Crippen LogP contribution in [0.5, 0.6) is 0 Å². The molecule has 2 aromatic rings. The summed E-state index contributed by atoms with van der Waals surface area (Å²) in [6, 6.07) is 20.9. The molecular formula is C13H12N2. The largest absolute Gasteiger partial charge is 0.262 e. The van der Waals surface area contributed by atoms with E-state index in [0.29, 0.717) is 0 Å². The van der Waals surface area contributed by atoms with E-state index in [0.717, 1.165) is 6.67 Å². The van der Waals surface area contributed by atoms with Crippen molar-refractivity contribution in [2.75, 3.05) is 16.7 Å². The number of rotatable bonds is 2. The molecule has 1 aliphatic heterocycles. The molecule has 0 aromatic heterocycles. The quantitative estimate of drug-likeness (QED) is 0.681. The van der Waals surface area contributed by atoms with Crippen molar-refractivity contribution in [3.05, 3.63) is 60.7 Å². The minimum atomic E-state index is 0.980. The number of hydrogen-bond donors (Lipinski definition) is 0. The van der Waals surface area contributed by atoms with Crippen molar-refractivity contribution in [2.45, 2.75) is 0 Å². The van der Waals surface area contributed by atoms with Crippen molar-refractivity contribution < 1.29 is 0 Å². The fourth-order valence-electron chi connectivity index (χ4n) is 1.74. The smallest absolute Gasteiger partial charge is 0.130 e. The van der Waals surface area contributed by atoms with Gasteiger partial charge in [-0.15, -0.1) is 0 Å². The third-order valence-electron chi connectivity index (χ3n) is 2.58. The summed E-state index contributed by atoms with van der Waals surface area (Å²) in [5.74, 6) is 0. The first-order chi connectivity index (χ1) is 7.45. The second kappa shape index (κ2) is 3.31. The lowest BCUT2D eigenvalue weighted by Crippen LogP contribution is -2.02. The SMILES string of the molecule is c1ccc(N2CN2c2ccccc2)cc1. The van der Waals surface area contributed by atoms with E-state index in [9.17, 15) is 0 Å². The second-order valence-electron chi connectivity index (χ2n) is 3.61. The molecule has 1 fully saturated rings. The van der Waals surface area contributed by atoms with Crippen LogP contribution in [0.25, 0.3) is 0 Å². The van der Waals surface area contributed by atoms with Gasteiger partial charge in [-0.2, -0.15) is 0 Å². The van der Waals surface area contributed by atoms with Gasteiger partial charge in [-0.25, -0.2) is 0 Å². The van der Waals surface area contributed by atoms with Crippen LogP contribution in [-0.4, -0.2) is 6.67 Å². The van der Waals surface area contributed by atoms with E-state index in [1.807, 2.05) is 12.1 Å². The van der Waals surface area contributed by atoms with Gasteiger partial charge in [0.15, 0.2) is 0 Å². The normalized spacial score (nSPS) is 14.1. The highest BCUT2D eigenvalue weighted by atomic mass is 15.8. The Hall–Kier alpha value is -1.96. The van der Waals surface area contributed by atoms with Crippen molar-refractivity contribution in [1.82, 2.24) is 0 Å². The minimum Gasteiger partial charge on any atom is -0.262 e. The van der Waals surface area contributed by atoms with E-state index in [1.54, 1.807) is 0 Å². The Morgan fingerprint density at radius 2 is 1.00 bits per heavy atom. The Balaban J connectivity index is 1.81. The molecule has 0 aliphatic carbocycles. The molecule has 2 aromatic carbocycles. The Morgan fingerprint density at radius 3 is 1.40 bits per heavy atom. The van der Waals surface area contributed by atoms with Crippen molar-refractivity contribution >= 4 is 11.4 Å². The lowest BCUT2D eigenvalue weighted by atomic mass is 10.3. The molecule has 0 radical (unpaired) electrons. The van der Waals surface area contributed by atoms with Gasteiger partial charge < -0.3 is 0 Å². The van der Waals surface area contributed by atoms with Crippen molar-refractivity contribution in [3.8, 4) is 0 Å². The molecule has 0 spiro atoms. The summed E-state index contributed by atoms with van der Waals surface area (Å²) >= 11 is 0. The van der Waals surface area contributed by atoms with Gasteiger partial charge in [0.05, 0.1) is 11.4 Å². The minimum absolute atomic E-state index is 0.980. The Labute approximate surface area is 89.3 Å². The lowest BCUT2D eigenvalue weighted by Gasteiger charge is -2.06. The summed E-state index contributed by atoms with van der Waals surface area (Å²) in [6.07, 6.45) is 0. The second-order valence-corrected chi connectivity index (χ2v) is 3.61. The van der Waals surface area contributed by atoms with E-state index in [1.165, 1.54) is 11.4 Å². The van der Waals surface area contributed by atoms with E-state index in [4.69, 9.17) is 0 Å². The maximum atomic E-state index is 2.25. The number of nitrogens with zero attached hydrogens (tertiary/aromatic N) is 2. The van der Waals surface area contributed by atoms with E-state index < -0.39 is 0 Å². The third kappa shape index (κ3) is 1.54. The molecule has 0 amide bonds. The predicted molar refractivity (Wildman–Crippen MR) is 62.7 cm³/mol. The maximum Gasteiger partial charge on any atom is 0.130 e. The number of para-hydroxylation sites is 2. The van der Waals surface area contributed by atoms with Crippen LogP contribution in [0.2, 0.25) is 0 Å². The van der Waals surface area contributed by atoms with Crippen LogP contribution in [-0.2, 0) is 0 Å². The molecule has 3 rings (SSSR count). The lowest BCUT2D eigenvalue weighted by molar-refractivity contribution is 1.30. The first-order valence-electron chi connectivity index (χ1n) is 5.10. The molecule has 0 saturated carbocycles. The van der Waals surface area contributed by atoms with Crippen LogP contribution in [0.3, 0.4) is 0 Å². The zero-order chi connectivity index (χ0) is 10.1. The summed E-state index contributed by atoms with van der Waals surface area (Å²) in [6.45, 7) is 0.980. The Bertz CT molecular complexity index is 395. The molecule has 1 saturated heterocycles. The first-order valence-corrected chi connectivity index (χ1v) is 5.10. The maximum absolute atomic E-state index is 2.25. The molecule has 0 unspecified atom stereocenters. The van der Waals surface area contributed by atoms with Gasteiger partial charge in [0.25, 0.3) is 0 Å². The van der Waals surface area contributed by atoms with Crippen LogP contribution in [0, 0.1) is 0 Å². The van der Waals surface area contributed by atoms with E-state index in [2.05, 4.69) is 58.5 Å². The number of benzene rings is 2. The van der Waals surface area contributed by atoms with Gasteiger partial charge in [0, 0.05) is 0 Å². The first kappa shape index (κ1) is 8.36. The molecule has 74 valence electrons. The van der Waals surface area contributed by atoms with Gasteiger partial charge in [-0.3, -0.25) is 10.0 Å². The molecule has 0 bridgehead atoms. The summed E-state index contributed by atoms with van der Waals surface area (Å²) in [5.41, 5.74) is 2.50. The van der Waals surface area contributed by atoms with Crippen molar-refractivity contribution in [3.63, 3.8) is 0 Å². The molecule has 2 heteroatoms. The van der Waals surface area contributed by atoms with Crippen LogP contribution in [0.1, 0.15) is 0 Å². The summed E-state index contributed by atoms with van der Waals surface area (Å²) in [5, 5.41) is 4.49. The molecule has 0 N–H and O–H groups in total. The van der Waals surface area contributed by atoms with E-state index in [-0.39, 0.29) is 0 Å². The molecule has 1 heterocycles. The standard InChI is InChI=1S/C13H12N2/c1-3-7-12(8-4-1)14-11-15(14)13-9-5-2-6-10-13/h1-10H,11H2. The summed E-state index contributed by atoms with van der Waals surface area (Å²) < 4.78 is 0. The van der Waals surface area contributed by atoms with Gasteiger partial charge in [-0.05, 0) is 24.3 Å². The van der Waals surface area contributed by atoms with E-state index >= 15 is 0 Å². The molecular weight excluding hydrogens is 184 g/mol. The van der Waals surface area contributed by atoms with Crippen LogP contribution >= 0.6 is 0 Å². The summed E-state index contributed by atoms with van der Waals surface area (Å²) in [4.78, 5) is 0. The van der Waals surface area contributed by atoms with Gasteiger partial charge in [0.2, 0.25) is 0 Å². The van der Waals surface area contributed by atoms with Crippen molar-refractivity contribution in [1.29, 1.82) is 0 Å². The Kier molecular flexibility index (Phi) is 1.85. The summed E-state index contributed by atoms with van der Waals surface area (Å²) in [7, 11) is 0. The molecule has 2 nitrogen and oxygen atoms in total. The average molecular weight is 196 g/mol. The predicted octanol–water partition coefficient (Wildman–Crippen LogP) is 2.89. The van der Waals surface area contributed by atoms with Crippen LogP contribution < -0.4 is 10.0 Å². The Morgan fingerprint density at radius 1 is 0.600 bits per heavy atom. The van der Waals surface area contributed by atoms with Gasteiger partial charge in [-0.1, -0.05) is 36.4 Å². The van der Waals surface area contributed by atoms with Gasteiger partial charge >= 0.3 is 0 Å². The van der Waals surface area contributed by atoms with Gasteiger partial charge in [0.1, 0.15) is 6.67 Å². The monoisotopic (exact) mass is 196 g/mol. The molecule has 0 atom stereocenters. The number of anilines is 2. The number of hydrogen-bond acceptors (Lipinski definition) is 2. The topological polar surface area (TPSA) is 6.02 Å². The highest BCUT2D eigenvalue weighted by Crippen LogP contribution is 2.31.